The highest BCUT2D eigenvalue weighted by atomic mass is 35.5. The number of hydrogen-bond donors (Lipinski definition) is 1. The Hall–Kier alpha value is -0.780. The second-order valence-electron chi connectivity index (χ2n) is 6.06. The van der Waals surface area contributed by atoms with Crippen molar-refractivity contribution in [2.45, 2.75) is 46.1 Å². The lowest BCUT2D eigenvalue weighted by atomic mass is 9.92. The zero-order valence-corrected chi connectivity index (χ0v) is 15.5. The van der Waals surface area contributed by atoms with Gasteiger partial charge in [-0.1, -0.05) is 6.92 Å². The second-order valence-corrected chi connectivity index (χ2v) is 6.06. The van der Waals surface area contributed by atoms with E-state index in [2.05, 4.69) is 12.0 Å². The molecule has 1 aliphatic heterocycles. The summed E-state index contributed by atoms with van der Waals surface area (Å²) in [4.78, 5) is 14.6. The molecule has 2 heterocycles. The number of hydrogen-bond acceptors (Lipinski definition) is 3. The predicted molar refractivity (Wildman–Crippen MR) is 93.8 cm³/mol. The molecule has 1 fully saturated rings. The van der Waals surface area contributed by atoms with E-state index in [1.807, 2.05) is 30.5 Å². The minimum Gasteiger partial charge on any atom is -0.338 e. The molecule has 0 aromatic carbocycles. The van der Waals surface area contributed by atoms with E-state index < -0.39 is 0 Å². The van der Waals surface area contributed by atoms with Gasteiger partial charge in [0, 0.05) is 37.4 Å². The van der Waals surface area contributed by atoms with E-state index in [0.717, 1.165) is 36.3 Å². The lowest BCUT2D eigenvalue weighted by molar-refractivity contribution is -0.134. The maximum atomic E-state index is 12.6. The molecule has 1 amide bonds. The van der Waals surface area contributed by atoms with Crippen LogP contribution in [0.4, 0.5) is 0 Å². The standard InChI is InChI=1S/C15H26N4O.2ClH/c1-10-5-6-19(13(7-10)9-16)15(20)8-14-11(2)17-18(4)12(14)3;;/h10,13H,5-9,16H2,1-4H3;2*1H. The molecule has 2 rings (SSSR count). The maximum absolute atomic E-state index is 12.6. The molecule has 1 aromatic heterocycles. The molecule has 22 heavy (non-hydrogen) atoms. The molecule has 2 N–H and O–H groups in total. The highest BCUT2D eigenvalue weighted by Gasteiger charge is 2.29. The third-order valence-electron chi connectivity index (χ3n) is 4.56. The summed E-state index contributed by atoms with van der Waals surface area (Å²) >= 11 is 0. The summed E-state index contributed by atoms with van der Waals surface area (Å²) in [5.74, 6) is 0.848. The third-order valence-corrected chi connectivity index (χ3v) is 4.56. The van der Waals surface area contributed by atoms with Crippen molar-refractivity contribution in [2.75, 3.05) is 13.1 Å². The molecule has 1 aliphatic rings. The molecule has 2 atom stereocenters. The van der Waals surface area contributed by atoms with Crippen LogP contribution >= 0.6 is 24.8 Å². The lowest BCUT2D eigenvalue weighted by Gasteiger charge is -2.38. The van der Waals surface area contributed by atoms with Gasteiger partial charge in [-0.2, -0.15) is 5.10 Å². The first kappa shape index (κ1) is 21.2. The minimum atomic E-state index is 0. The predicted octanol–water partition coefficient (Wildman–Crippen LogP) is 2.01. The Kier molecular flexibility index (Phi) is 8.44. The van der Waals surface area contributed by atoms with Gasteiger partial charge in [0.05, 0.1) is 12.1 Å². The minimum absolute atomic E-state index is 0. The van der Waals surface area contributed by atoms with Gasteiger partial charge >= 0.3 is 0 Å². The van der Waals surface area contributed by atoms with Crippen LogP contribution in [0, 0.1) is 19.8 Å². The number of amides is 1. The summed E-state index contributed by atoms with van der Waals surface area (Å²) in [6.07, 6.45) is 2.54. The van der Waals surface area contributed by atoms with Crippen LogP contribution in [0.25, 0.3) is 0 Å². The van der Waals surface area contributed by atoms with Gasteiger partial charge in [-0.25, -0.2) is 0 Å². The number of halogens is 2. The largest absolute Gasteiger partial charge is 0.338 e. The van der Waals surface area contributed by atoms with Crippen LogP contribution < -0.4 is 5.73 Å². The number of likely N-dealkylation sites (tertiary alicyclic amines) is 1. The Morgan fingerprint density at radius 3 is 2.50 bits per heavy atom. The maximum Gasteiger partial charge on any atom is 0.227 e. The van der Waals surface area contributed by atoms with Crippen LogP contribution in [-0.4, -0.2) is 39.7 Å². The molecule has 5 nitrogen and oxygen atoms in total. The van der Waals surface area contributed by atoms with Crippen molar-refractivity contribution in [3.63, 3.8) is 0 Å². The number of nitrogens with two attached hydrogens (primary N) is 1. The van der Waals surface area contributed by atoms with Crippen LogP contribution in [0.2, 0.25) is 0 Å². The van der Waals surface area contributed by atoms with Gasteiger partial charge in [0.15, 0.2) is 0 Å². The normalized spacial score (nSPS) is 21.0. The van der Waals surface area contributed by atoms with E-state index in [4.69, 9.17) is 5.73 Å². The van der Waals surface area contributed by atoms with E-state index in [9.17, 15) is 4.79 Å². The molecule has 7 heteroatoms. The fraction of sp³-hybridized carbons (Fsp3) is 0.733. The lowest BCUT2D eigenvalue weighted by Crippen LogP contribution is -2.49. The number of rotatable bonds is 3. The van der Waals surface area contributed by atoms with Gasteiger partial charge in [-0.15, -0.1) is 24.8 Å². The molecule has 0 saturated carbocycles. The Morgan fingerprint density at radius 1 is 1.36 bits per heavy atom. The van der Waals surface area contributed by atoms with E-state index in [1.165, 1.54) is 0 Å². The Labute approximate surface area is 145 Å². The molecule has 1 saturated heterocycles. The zero-order chi connectivity index (χ0) is 14.9. The molecule has 128 valence electrons. The van der Waals surface area contributed by atoms with Crippen molar-refractivity contribution >= 4 is 30.7 Å². The van der Waals surface area contributed by atoms with Crippen LogP contribution in [0.1, 0.15) is 36.7 Å². The monoisotopic (exact) mass is 350 g/mol. The number of piperidine rings is 1. The molecule has 0 radical (unpaired) electrons. The van der Waals surface area contributed by atoms with Crippen LogP contribution in [0.3, 0.4) is 0 Å². The second kappa shape index (κ2) is 8.75. The molecule has 0 bridgehead atoms. The highest BCUT2D eigenvalue weighted by Crippen LogP contribution is 2.23. The Balaban J connectivity index is 0.00000220. The van der Waals surface area contributed by atoms with E-state index >= 15 is 0 Å². The highest BCUT2D eigenvalue weighted by molar-refractivity contribution is 5.85. The van der Waals surface area contributed by atoms with Gasteiger partial charge in [0.1, 0.15) is 0 Å². The SMILES string of the molecule is Cc1nn(C)c(C)c1CC(=O)N1CCC(C)CC1CN.Cl.Cl. The summed E-state index contributed by atoms with van der Waals surface area (Å²) in [5.41, 5.74) is 8.93. The summed E-state index contributed by atoms with van der Waals surface area (Å²) in [6.45, 7) is 7.61. The van der Waals surface area contributed by atoms with Gasteiger partial charge in [0.25, 0.3) is 0 Å². The summed E-state index contributed by atoms with van der Waals surface area (Å²) < 4.78 is 1.84. The van der Waals surface area contributed by atoms with Gasteiger partial charge < -0.3 is 10.6 Å². The van der Waals surface area contributed by atoms with Crippen molar-refractivity contribution in [2.24, 2.45) is 18.7 Å². The Morgan fingerprint density at radius 2 is 2.00 bits per heavy atom. The van der Waals surface area contributed by atoms with Crippen molar-refractivity contribution in [3.8, 4) is 0 Å². The summed E-state index contributed by atoms with van der Waals surface area (Å²) in [6, 6.07) is 0.198. The first-order valence-corrected chi connectivity index (χ1v) is 7.42. The number of carbonyl (C=O) groups excluding carboxylic acids is 1. The van der Waals surface area contributed by atoms with Crippen LogP contribution in [-0.2, 0) is 18.3 Å². The number of aryl methyl sites for hydroxylation is 2. The fourth-order valence-corrected chi connectivity index (χ4v) is 3.13. The van der Waals surface area contributed by atoms with Gasteiger partial charge in [0.2, 0.25) is 5.91 Å². The first-order chi connectivity index (χ1) is 9.43. The average molecular weight is 351 g/mol. The average Bonchev–Trinajstić information content (AvgIpc) is 2.65. The van der Waals surface area contributed by atoms with Gasteiger partial charge in [-0.3, -0.25) is 9.48 Å². The Bertz CT molecular complexity index is 504. The van der Waals surface area contributed by atoms with Crippen LogP contribution in [0.15, 0.2) is 0 Å². The molecule has 0 aliphatic carbocycles. The van der Waals surface area contributed by atoms with Crippen molar-refractivity contribution in [1.29, 1.82) is 0 Å². The first-order valence-electron chi connectivity index (χ1n) is 7.42. The molecule has 1 aromatic rings. The smallest absolute Gasteiger partial charge is 0.227 e. The van der Waals surface area contributed by atoms with E-state index in [-0.39, 0.29) is 36.8 Å². The summed E-state index contributed by atoms with van der Waals surface area (Å²) in [5, 5.41) is 4.38. The quantitative estimate of drug-likeness (QED) is 0.906. The molecular formula is C15H28Cl2N4O. The van der Waals surface area contributed by atoms with Crippen molar-refractivity contribution in [1.82, 2.24) is 14.7 Å². The topological polar surface area (TPSA) is 64.2 Å². The van der Waals surface area contributed by atoms with Crippen LogP contribution in [0.5, 0.6) is 0 Å². The molecule has 0 spiro atoms. The van der Waals surface area contributed by atoms with E-state index in [1.54, 1.807) is 0 Å². The third kappa shape index (κ3) is 4.37. The number of aromatic nitrogens is 2. The van der Waals surface area contributed by atoms with Gasteiger partial charge in [-0.05, 0) is 32.6 Å². The van der Waals surface area contributed by atoms with Crippen molar-refractivity contribution in [3.05, 3.63) is 17.0 Å². The van der Waals surface area contributed by atoms with E-state index in [0.29, 0.717) is 18.9 Å². The van der Waals surface area contributed by atoms with Crippen molar-refractivity contribution < 1.29 is 4.79 Å². The molecular weight excluding hydrogens is 323 g/mol. The molecule has 2 unspecified atom stereocenters. The summed E-state index contributed by atoms with van der Waals surface area (Å²) in [7, 11) is 1.92. The fourth-order valence-electron chi connectivity index (χ4n) is 3.13. The number of carbonyl (C=O) groups is 1. The zero-order valence-electron chi connectivity index (χ0n) is 13.8. The number of nitrogens with zero attached hydrogens (tertiary/aromatic N) is 3.